The van der Waals surface area contributed by atoms with Crippen molar-refractivity contribution in [2.24, 2.45) is 0 Å². The highest BCUT2D eigenvalue weighted by atomic mass is 32.2. The predicted octanol–water partition coefficient (Wildman–Crippen LogP) is 1.04. The van der Waals surface area contributed by atoms with Crippen LogP contribution in [-0.2, 0) is 14.6 Å². The zero-order chi connectivity index (χ0) is 17.9. The molecule has 0 saturated carbocycles. The van der Waals surface area contributed by atoms with Gasteiger partial charge in [0, 0.05) is 6.26 Å². The number of amides is 3. The Hall–Kier alpha value is -2.09. The average molecular weight is 354 g/mol. The smallest absolute Gasteiger partial charge is 0.324 e. The molecule has 0 aliphatic carbocycles. The van der Waals surface area contributed by atoms with Crippen LogP contribution < -0.4 is 10.1 Å². The monoisotopic (exact) mass is 354 g/mol. The molecule has 1 aliphatic heterocycles. The molecule has 0 aromatic heterocycles. The van der Waals surface area contributed by atoms with Gasteiger partial charge in [0.15, 0.2) is 0 Å². The Balaban J connectivity index is 1.91. The Morgan fingerprint density at radius 3 is 2.42 bits per heavy atom. The van der Waals surface area contributed by atoms with Crippen LogP contribution in [0.1, 0.15) is 17.5 Å². The van der Waals surface area contributed by atoms with Gasteiger partial charge in [-0.05, 0) is 31.4 Å². The third kappa shape index (κ3) is 4.47. The second kappa shape index (κ2) is 7.21. The van der Waals surface area contributed by atoms with Gasteiger partial charge in [-0.15, -0.1) is 0 Å². The molecule has 1 aromatic carbocycles. The lowest BCUT2D eigenvalue weighted by atomic mass is 10.1. The van der Waals surface area contributed by atoms with Gasteiger partial charge in [0.05, 0.1) is 12.3 Å². The first-order chi connectivity index (χ1) is 11.2. The van der Waals surface area contributed by atoms with Crippen molar-refractivity contribution in [2.45, 2.75) is 26.3 Å². The van der Waals surface area contributed by atoms with Crippen LogP contribution >= 0.6 is 0 Å². The number of aryl methyl sites for hydroxylation is 2. The summed E-state index contributed by atoms with van der Waals surface area (Å²) in [6.45, 7) is 4.16. The van der Waals surface area contributed by atoms with Gasteiger partial charge < -0.3 is 10.1 Å². The Bertz CT molecular complexity index is 725. The maximum atomic E-state index is 12.2. The van der Waals surface area contributed by atoms with Crippen LogP contribution in [0.5, 0.6) is 5.75 Å². The van der Waals surface area contributed by atoms with E-state index in [1.165, 1.54) is 0 Å². The van der Waals surface area contributed by atoms with Gasteiger partial charge >= 0.3 is 6.03 Å². The second-order valence-corrected chi connectivity index (χ2v) is 8.24. The lowest BCUT2D eigenvalue weighted by Gasteiger charge is -2.16. The summed E-state index contributed by atoms with van der Waals surface area (Å²) in [6.07, 6.45) is 1.18. The number of para-hydroxylation sites is 1. The van der Waals surface area contributed by atoms with Crippen LogP contribution in [0.15, 0.2) is 18.2 Å². The van der Waals surface area contributed by atoms with Crippen molar-refractivity contribution in [2.75, 3.05) is 25.2 Å². The van der Waals surface area contributed by atoms with Gasteiger partial charge in [-0.25, -0.2) is 13.2 Å². The van der Waals surface area contributed by atoms with Crippen LogP contribution in [-0.4, -0.2) is 56.5 Å². The fourth-order valence-corrected chi connectivity index (χ4v) is 3.25. The highest BCUT2D eigenvalue weighted by Gasteiger charge is 2.37. The largest absolute Gasteiger partial charge is 0.491 e. The highest BCUT2D eigenvalue weighted by molar-refractivity contribution is 7.90. The van der Waals surface area contributed by atoms with Crippen LogP contribution in [0.25, 0.3) is 0 Å². The molecule has 1 heterocycles. The topological polar surface area (TPSA) is 92.8 Å². The number of rotatable bonds is 7. The van der Waals surface area contributed by atoms with Gasteiger partial charge in [-0.1, -0.05) is 18.2 Å². The standard InChI is InChI=1S/C16H22N2O5S/c1-11-5-4-6-12(2)14(11)23-9-8-18-15(19)13(17-16(18)20)7-10-24(3,21)22/h4-6,13H,7-10H2,1-3H3,(H,17,20)/t13-/m0/s1. The quantitative estimate of drug-likeness (QED) is 0.739. The number of sulfone groups is 1. The van der Waals surface area contributed by atoms with Gasteiger partial charge in [0.1, 0.15) is 28.2 Å². The van der Waals surface area contributed by atoms with Crippen molar-refractivity contribution in [3.05, 3.63) is 29.3 Å². The van der Waals surface area contributed by atoms with Crippen molar-refractivity contribution in [3.63, 3.8) is 0 Å². The van der Waals surface area contributed by atoms with E-state index in [4.69, 9.17) is 4.74 Å². The molecule has 1 fully saturated rings. The maximum Gasteiger partial charge on any atom is 0.324 e. The van der Waals surface area contributed by atoms with Gasteiger partial charge in [0.25, 0.3) is 5.91 Å². The minimum Gasteiger partial charge on any atom is -0.491 e. The van der Waals surface area contributed by atoms with Gasteiger partial charge in [0.2, 0.25) is 0 Å². The summed E-state index contributed by atoms with van der Waals surface area (Å²) >= 11 is 0. The minimum absolute atomic E-state index is 0.0810. The Kier molecular flexibility index (Phi) is 5.48. The Morgan fingerprint density at radius 1 is 1.21 bits per heavy atom. The third-order valence-corrected chi connectivity index (χ3v) is 4.83. The first kappa shape index (κ1) is 18.3. The predicted molar refractivity (Wildman–Crippen MR) is 89.8 cm³/mol. The van der Waals surface area contributed by atoms with Gasteiger partial charge in [-0.3, -0.25) is 9.69 Å². The number of nitrogens with zero attached hydrogens (tertiary/aromatic N) is 1. The fourth-order valence-electron chi connectivity index (χ4n) is 2.58. The first-order valence-corrected chi connectivity index (χ1v) is 9.73. The molecule has 132 valence electrons. The number of hydrogen-bond acceptors (Lipinski definition) is 5. The van der Waals surface area contributed by atoms with Crippen molar-refractivity contribution in [1.29, 1.82) is 0 Å². The van der Waals surface area contributed by atoms with Crippen LogP contribution in [0.4, 0.5) is 4.79 Å². The molecule has 0 unspecified atom stereocenters. The van der Waals surface area contributed by atoms with E-state index in [1.54, 1.807) is 0 Å². The summed E-state index contributed by atoms with van der Waals surface area (Å²) in [5.74, 6) is 0.197. The van der Waals surface area contributed by atoms with E-state index in [0.29, 0.717) is 0 Å². The van der Waals surface area contributed by atoms with E-state index in [0.717, 1.165) is 28.0 Å². The molecular weight excluding hydrogens is 332 g/mol. The van der Waals surface area contributed by atoms with E-state index in [1.807, 2.05) is 32.0 Å². The number of carbonyl (C=O) groups is 2. The zero-order valence-electron chi connectivity index (χ0n) is 14.0. The molecule has 0 radical (unpaired) electrons. The molecule has 1 atom stereocenters. The number of hydrogen-bond donors (Lipinski definition) is 1. The number of nitrogens with one attached hydrogen (secondary N) is 1. The molecule has 7 nitrogen and oxygen atoms in total. The number of carbonyl (C=O) groups excluding carboxylic acids is 2. The summed E-state index contributed by atoms with van der Waals surface area (Å²) < 4.78 is 28.1. The summed E-state index contributed by atoms with van der Waals surface area (Å²) in [5.41, 5.74) is 1.97. The maximum absolute atomic E-state index is 12.2. The first-order valence-electron chi connectivity index (χ1n) is 7.67. The molecule has 1 N–H and O–H groups in total. The zero-order valence-corrected chi connectivity index (χ0v) is 14.9. The summed E-state index contributed by atoms with van der Waals surface area (Å²) in [5, 5.41) is 2.52. The molecule has 1 saturated heterocycles. The van der Waals surface area contributed by atoms with E-state index in [9.17, 15) is 18.0 Å². The molecule has 24 heavy (non-hydrogen) atoms. The minimum atomic E-state index is -3.18. The van der Waals surface area contributed by atoms with E-state index in [2.05, 4.69) is 5.32 Å². The van der Waals surface area contributed by atoms with E-state index in [-0.39, 0.29) is 25.3 Å². The molecule has 3 amide bonds. The summed E-state index contributed by atoms with van der Waals surface area (Å²) in [4.78, 5) is 25.2. The summed E-state index contributed by atoms with van der Waals surface area (Å²) in [6, 6.07) is 4.49. The molecule has 1 aliphatic rings. The lowest BCUT2D eigenvalue weighted by molar-refractivity contribution is -0.127. The van der Waals surface area contributed by atoms with Crippen molar-refractivity contribution >= 4 is 21.8 Å². The molecule has 0 bridgehead atoms. The van der Waals surface area contributed by atoms with Crippen LogP contribution in [0, 0.1) is 13.8 Å². The fraction of sp³-hybridized carbons (Fsp3) is 0.500. The highest BCUT2D eigenvalue weighted by Crippen LogP contribution is 2.22. The Labute approximate surface area is 141 Å². The lowest BCUT2D eigenvalue weighted by Crippen LogP contribution is -2.35. The van der Waals surface area contributed by atoms with E-state index >= 15 is 0 Å². The normalized spacial score (nSPS) is 18.0. The van der Waals surface area contributed by atoms with Crippen LogP contribution in [0.3, 0.4) is 0 Å². The number of benzene rings is 1. The van der Waals surface area contributed by atoms with Gasteiger partial charge in [-0.2, -0.15) is 0 Å². The number of ether oxygens (including phenoxy) is 1. The van der Waals surface area contributed by atoms with Crippen molar-refractivity contribution < 1.29 is 22.7 Å². The summed E-state index contributed by atoms with van der Waals surface area (Å²) in [7, 11) is -3.18. The number of urea groups is 1. The molecule has 8 heteroatoms. The number of imide groups is 1. The van der Waals surface area contributed by atoms with E-state index < -0.39 is 27.8 Å². The molecule has 1 aromatic rings. The SMILES string of the molecule is Cc1cccc(C)c1OCCN1C(=O)N[C@@H](CCS(C)(=O)=O)C1=O. The van der Waals surface area contributed by atoms with Crippen LogP contribution in [0.2, 0.25) is 0 Å². The average Bonchev–Trinajstić information content (AvgIpc) is 2.74. The molecule has 0 spiro atoms. The Morgan fingerprint density at radius 2 is 1.83 bits per heavy atom. The molecule has 2 rings (SSSR count). The molecular formula is C16H22N2O5S. The van der Waals surface area contributed by atoms with Crippen molar-refractivity contribution in [1.82, 2.24) is 10.2 Å². The second-order valence-electron chi connectivity index (χ2n) is 5.98. The third-order valence-electron chi connectivity index (χ3n) is 3.85. The van der Waals surface area contributed by atoms with Crippen molar-refractivity contribution in [3.8, 4) is 5.75 Å².